The number of aliphatic hydroxyl groups excluding tert-OH is 3. The second-order valence-corrected chi connectivity index (χ2v) is 12.2. The summed E-state index contributed by atoms with van der Waals surface area (Å²) in [5, 5.41) is 31.1. The fourth-order valence-corrected chi connectivity index (χ4v) is 7.04. The first-order chi connectivity index (χ1) is 17.0. The first-order valence-electron chi connectivity index (χ1n) is 13.7. The van der Waals surface area contributed by atoms with E-state index in [1.807, 2.05) is 6.08 Å². The molecule has 0 unspecified atom stereocenters. The van der Waals surface area contributed by atoms with Crippen molar-refractivity contribution >= 4 is 6.09 Å². The van der Waals surface area contributed by atoms with Gasteiger partial charge in [0.25, 0.3) is 0 Å². The van der Waals surface area contributed by atoms with Crippen molar-refractivity contribution in [1.82, 2.24) is 4.90 Å². The van der Waals surface area contributed by atoms with Crippen molar-refractivity contribution in [3.63, 3.8) is 0 Å². The van der Waals surface area contributed by atoms with E-state index < -0.39 is 30.0 Å². The Hall–Kier alpha value is -1.89. The molecule has 0 aromatic carbocycles. The highest BCUT2D eigenvalue weighted by atomic mass is 16.6. The minimum absolute atomic E-state index is 0.203. The lowest BCUT2D eigenvalue weighted by molar-refractivity contribution is -0.00426. The Morgan fingerprint density at radius 3 is 2.56 bits per heavy atom. The molecule has 4 rings (SSSR count). The Morgan fingerprint density at radius 2 is 1.89 bits per heavy atom. The van der Waals surface area contributed by atoms with Crippen LogP contribution in [0.3, 0.4) is 0 Å². The molecule has 200 valence electrons. The fourth-order valence-electron chi connectivity index (χ4n) is 7.04. The van der Waals surface area contributed by atoms with Crippen molar-refractivity contribution in [2.24, 2.45) is 23.2 Å². The van der Waals surface area contributed by atoms with E-state index >= 15 is 0 Å². The van der Waals surface area contributed by atoms with E-state index in [-0.39, 0.29) is 5.41 Å². The lowest BCUT2D eigenvalue weighted by Crippen LogP contribution is -2.37. The third-order valence-electron chi connectivity index (χ3n) is 9.47. The third kappa shape index (κ3) is 5.36. The van der Waals surface area contributed by atoms with Crippen LogP contribution in [-0.4, -0.2) is 64.3 Å². The number of carbonyl (C=O) groups excluding carboxylic acids is 1. The number of rotatable bonds is 6. The van der Waals surface area contributed by atoms with Crippen LogP contribution in [-0.2, 0) is 4.74 Å². The molecule has 4 aliphatic rings. The zero-order valence-electron chi connectivity index (χ0n) is 22.4. The van der Waals surface area contributed by atoms with Gasteiger partial charge in [-0.2, -0.15) is 0 Å². The summed E-state index contributed by atoms with van der Waals surface area (Å²) in [5.41, 5.74) is 2.61. The zero-order valence-corrected chi connectivity index (χ0v) is 22.4. The largest absolute Gasteiger partial charge is 0.440 e. The second kappa shape index (κ2) is 10.5. The van der Waals surface area contributed by atoms with Gasteiger partial charge in [0.1, 0.15) is 11.7 Å². The van der Waals surface area contributed by atoms with Crippen molar-refractivity contribution in [1.29, 1.82) is 0 Å². The molecule has 0 saturated heterocycles. The van der Waals surface area contributed by atoms with Gasteiger partial charge in [-0.05, 0) is 85.7 Å². The van der Waals surface area contributed by atoms with Crippen LogP contribution < -0.4 is 0 Å². The fraction of sp³-hybridized carbons (Fsp3) is 0.700. The van der Waals surface area contributed by atoms with Crippen LogP contribution in [0.1, 0.15) is 71.6 Å². The number of aliphatic hydroxyl groups is 3. The van der Waals surface area contributed by atoms with E-state index in [1.165, 1.54) is 16.9 Å². The number of nitrogens with zero attached hydrogens (tertiary/aromatic N) is 1. The predicted octanol–water partition coefficient (Wildman–Crippen LogP) is 4.91. The van der Waals surface area contributed by atoms with Crippen molar-refractivity contribution in [2.45, 2.75) is 95.5 Å². The lowest BCUT2D eigenvalue weighted by atomic mass is 9.61. The van der Waals surface area contributed by atoms with Crippen LogP contribution in [0.25, 0.3) is 0 Å². The Balaban J connectivity index is 1.44. The molecule has 0 aliphatic heterocycles. The van der Waals surface area contributed by atoms with Crippen LogP contribution in [0.5, 0.6) is 0 Å². The van der Waals surface area contributed by atoms with Crippen LogP contribution in [0, 0.1) is 23.2 Å². The average Bonchev–Trinajstić information content (AvgIpc) is 3.51. The lowest BCUT2D eigenvalue weighted by Gasteiger charge is -2.44. The van der Waals surface area contributed by atoms with Crippen molar-refractivity contribution in [3.05, 3.63) is 47.6 Å². The van der Waals surface area contributed by atoms with Gasteiger partial charge in [0.2, 0.25) is 0 Å². The van der Waals surface area contributed by atoms with Crippen molar-refractivity contribution in [3.8, 4) is 0 Å². The summed E-state index contributed by atoms with van der Waals surface area (Å²) >= 11 is 0. The minimum atomic E-state index is -0.781. The topological polar surface area (TPSA) is 90.2 Å². The first-order valence-corrected chi connectivity index (χ1v) is 13.7. The summed E-state index contributed by atoms with van der Waals surface area (Å²) < 4.78 is 5.58. The smallest absolute Gasteiger partial charge is 0.409 e. The summed E-state index contributed by atoms with van der Waals surface area (Å²) in [4.78, 5) is 13.4. The highest BCUT2D eigenvalue weighted by Crippen LogP contribution is 2.59. The first kappa shape index (κ1) is 27.2. The van der Waals surface area contributed by atoms with E-state index in [9.17, 15) is 20.1 Å². The number of amides is 1. The molecule has 3 N–H and O–H groups in total. The summed E-state index contributed by atoms with van der Waals surface area (Å²) in [7, 11) is 3.31. The van der Waals surface area contributed by atoms with Crippen LogP contribution in [0.2, 0.25) is 0 Å². The summed E-state index contributed by atoms with van der Waals surface area (Å²) in [6, 6.07) is 0. The van der Waals surface area contributed by atoms with Crippen molar-refractivity contribution < 1.29 is 24.9 Å². The molecule has 1 amide bonds. The van der Waals surface area contributed by atoms with E-state index in [0.717, 1.165) is 36.8 Å². The van der Waals surface area contributed by atoms with E-state index in [1.54, 1.807) is 14.1 Å². The molecule has 6 nitrogen and oxygen atoms in total. The van der Waals surface area contributed by atoms with E-state index in [0.29, 0.717) is 43.4 Å². The van der Waals surface area contributed by atoms with Gasteiger partial charge >= 0.3 is 6.09 Å². The van der Waals surface area contributed by atoms with Gasteiger partial charge in [0, 0.05) is 20.5 Å². The number of fused-ring (bicyclic) bond motifs is 1. The Bertz CT molecular complexity index is 945. The van der Waals surface area contributed by atoms with Gasteiger partial charge in [-0.1, -0.05) is 50.3 Å². The summed E-state index contributed by atoms with van der Waals surface area (Å²) in [6.45, 7) is 8.74. The van der Waals surface area contributed by atoms with Crippen LogP contribution >= 0.6 is 0 Å². The molecule has 0 spiro atoms. The van der Waals surface area contributed by atoms with Gasteiger partial charge in [0.05, 0.1) is 12.2 Å². The summed E-state index contributed by atoms with van der Waals surface area (Å²) in [6.07, 6.45) is 14.1. The SMILES string of the molecule is C=C1/C(=C\C=C2/CCC[C@]3(C)[C@@H]([C@H](C)/C=C/[C@@H](O)C4(OC(=O)N(C)C)CC4)CC[C@@H]23)C[C@@H](O)C[C@@H]1O. The molecule has 0 aromatic heterocycles. The van der Waals surface area contributed by atoms with Crippen LogP contribution in [0.15, 0.2) is 47.6 Å². The Morgan fingerprint density at radius 1 is 1.17 bits per heavy atom. The Labute approximate surface area is 216 Å². The Kier molecular flexibility index (Phi) is 7.89. The van der Waals surface area contributed by atoms with E-state index in [4.69, 9.17) is 4.74 Å². The minimum Gasteiger partial charge on any atom is -0.440 e. The van der Waals surface area contributed by atoms with Gasteiger partial charge < -0.3 is 25.0 Å². The number of allylic oxidation sites excluding steroid dienone is 4. The monoisotopic (exact) mass is 499 g/mol. The molecule has 0 bridgehead atoms. The quantitative estimate of drug-likeness (QED) is 0.452. The standard InChI is InChI=1S/C30H45NO5/c1-19(8-13-27(34)30(15-16-30)36-28(35)31(4)5)24-11-12-25-21(7-6-14-29(24,25)3)9-10-22-17-23(32)18-26(33)20(22)2/h8-10,13,19,23-27,32-34H,2,6-7,11-12,14-18H2,1,3-5H3/b13-8+,21-9+,22-10-/t19-,23-,24-,25+,26+,27-,29-/m1/s1. The molecule has 0 radical (unpaired) electrons. The molecule has 4 saturated carbocycles. The molecule has 0 heterocycles. The summed E-state index contributed by atoms with van der Waals surface area (Å²) in [5.74, 6) is 1.36. The molecule has 0 aromatic rings. The van der Waals surface area contributed by atoms with Gasteiger partial charge in [-0.15, -0.1) is 0 Å². The number of hydrogen-bond donors (Lipinski definition) is 3. The van der Waals surface area contributed by atoms with Gasteiger partial charge in [-0.3, -0.25) is 0 Å². The molecule has 4 fully saturated rings. The molecule has 4 aliphatic carbocycles. The highest BCUT2D eigenvalue weighted by molar-refractivity contribution is 5.68. The van der Waals surface area contributed by atoms with Gasteiger partial charge in [-0.25, -0.2) is 4.79 Å². The number of ether oxygens (including phenoxy) is 1. The molecule has 36 heavy (non-hydrogen) atoms. The van der Waals surface area contributed by atoms with Gasteiger partial charge in [0.15, 0.2) is 0 Å². The highest BCUT2D eigenvalue weighted by Gasteiger charge is 2.53. The molecule has 7 atom stereocenters. The third-order valence-corrected chi connectivity index (χ3v) is 9.47. The zero-order chi connectivity index (χ0) is 26.3. The van der Waals surface area contributed by atoms with E-state index in [2.05, 4.69) is 38.7 Å². The number of carbonyl (C=O) groups is 1. The van der Waals surface area contributed by atoms with Crippen molar-refractivity contribution in [2.75, 3.05) is 14.1 Å². The molecule has 6 heteroatoms. The second-order valence-electron chi connectivity index (χ2n) is 12.2. The normalized spacial score (nSPS) is 37.7. The predicted molar refractivity (Wildman–Crippen MR) is 141 cm³/mol. The molecular weight excluding hydrogens is 454 g/mol. The maximum Gasteiger partial charge on any atom is 0.409 e. The average molecular weight is 500 g/mol. The van der Waals surface area contributed by atoms with Crippen LogP contribution in [0.4, 0.5) is 4.79 Å². The number of hydrogen-bond acceptors (Lipinski definition) is 5. The maximum absolute atomic E-state index is 12.0. The molecular formula is C30H45NO5. The maximum atomic E-state index is 12.0.